The van der Waals surface area contributed by atoms with E-state index in [2.05, 4.69) is 45.4 Å². The molecule has 1 amide bonds. The van der Waals surface area contributed by atoms with Crippen molar-refractivity contribution in [3.63, 3.8) is 0 Å². The molecule has 0 saturated carbocycles. The normalized spacial score (nSPS) is 18.6. The molecule has 35 heavy (non-hydrogen) atoms. The number of benzene rings is 1. The van der Waals surface area contributed by atoms with Crippen molar-refractivity contribution in [2.75, 3.05) is 13.1 Å². The van der Waals surface area contributed by atoms with E-state index in [-0.39, 0.29) is 11.9 Å². The number of pyridine rings is 2. The molecule has 2 aliphatic heterocycles. The quantitative estimate of drug-likeness (QED) is 0.422. The third kappa shape index (κ3) is 4.00. The lowest BCUT2D eigenvalue weighted by Crippen LogP contribution is -2.39. The molecule has 0 radical (unpaired) electrons. The summed E-state index contributed by atoms with van der Waals surface area (Å²) in [6, 6.07) is 10.5. The number of aryl methyl sites for hydroxylation is 1. The van der Waals surface area contributed by atoms with Gasteiger partial charge in [-0.25, -0.2) is 4.98 Å². The molecule has 1 saturated heterocycles. The SMILES string of the molecule is Cc1c[nH]c2ncc(-c3cc4c(c([C@@H]5CCCN5)c3)CN(C(=O)C(O)c3cccnc3)CC4)cc12. The lowest BCUT2D eigenvalue weighted by atomic mass is 9.87. The molecule has 0 spiro atoms. The van der Waals surface area contributed by atoms with Gasteiger partial charge in [0.1, 0.15) is 5.65 Å². The summed E-state index contributed by atoms with van der Waals surface area (Å²) in [6.45, 7) is 4.19. The molecule has 7 nitrogen and oxygen atoms in total. The topological polar surface area (TPSA) is 94.1 Å². The van der Waals surface area contributed by atoms with Crippen molar-refractivity contribution in [2.24, 2.45) is 0 Å². The first-order chi connectivity index (χ1) is 17.1. The average molecular weight is 468 g/mol. The molecule has 6 rings (SSSR count). The summed E-state index contributed by atoms with van der Waals surface area (Å²) in [7, 11) is 0. The van der Waals surface area contributed by atoms with E-state index in [1.165, 1.54) is 22.3 Å². The molecule has 4 aromatic rings. The Morgan fingerprint density at radius 1 is 1.23 bits per heavy atom. The van der Waals surface area contributed by atoms with E-state index < -0.39 is 6.10 Å². The lowest BCUT2D eigenvalue weighted by molar-refractivity contribution is -0.141. The molecule has 5 heterocycles. The van der Waals surface area contributed by atoms with Gasteiger partial charge in [-0.15, -0.1) is 0 Å². The highest BCUT2D eigenvalue weighted by molar-refractivity contribution is 5.85. The van der Waals surface area contributed by atoms with Crippen molar-refractivity contribution in [3.8, 4) is 11.1 Å². The Labute approximate surface area is 204 Å². The molecule has 3 N–H and O–H groups in total. The van der Waals surface area contributed by atoms with E-state index in [0.717, 1.165) is 48.0 Å². The molecule has 3 aromatic heterocycles. The highest BCUT2D eigenvalue weighted by Crippen LogP contribution is 2.36. The van der Waals surface area contributed by atoms with Crippen LogP contribution in [0.1, 0.15) is 52.8 Å². The summed E-state index contributed by atoms with van der Waals surface area (Å²) in [5, 5.41) is 15.5. The molecule has 0 aliphatic carbocycles. The van der Waals surface area contributed by atoms with Gasteiger partial charge in [0.15, 0.2) is 6.10 Å². The summed E-state index contributed by atoms with van der Waals surface area (Å²) in [5.41, 5.74) is 8.63. The first kappa shape index (κ1) is 21.9. The Kier molecular flexibility index (Phi) is 5.59. The van der Waals surface area contributed by atoms with E-state index in [9.17, 15) is 9.90 Å². The van der Waals surface area contributed by atoms with Crippen molar-refractivity contribution in [3.05, 3.63) is 82.9 Å². The summed E-state index contributed by atoms with van der Waals surface area (Å²) in [6.07, 6.45) is 8.91. The van der Waals surface area contributed by atoms with Crippen LogP contribution in [0.3, 0.4) is 0 Å². The fourth-order valence-electron chi connectivity index (χ4n) is 5.46. The molecule has 1 aromatic carbocycles. The number of nitrogens with one attached hydrogen (secondary N) is 2. The second-order valence-electron chi connectivity index (χ2n) is 9.64. The van der Waals surface area contributed by atoms with Gasteiger partial charge in [-0.3, -0.25) is 9.78 Å². The second-order valence-corrected chi connectivity index (χ2v) is 9.64. The minimum Gasteiger partial charge on any atom is -0.378 e. The highest BCUT2D eigenvalue weighted by Gasteiger charge is 2.31. The average Bonchev–Trinajstić information content (AvgIpc) is 3.57. The van der Waals surface area contributed by atoms with Crippen molar-refractivity contribution in [1.82, 2.24) is 25.2 Å². The third-order valence-corrected chi connectivity index (χ3v) is 7.43. The fourth-order valence-corrected chi connectivity index (χ4v) is 5.46. The Balaban J connectivity index is 1.36. The van der Waals surface area contributed by atoms with Crippen LogP contribution < -0.4 is 5.32 Å². The molecule has 2 atom stereocenters. The smallest absolute Gasteiger partial charge is 0.256 e. The van der Waals surface area contributed by atoms with Gasteiger partial charge >= 0.3 is 0 Å². The van der Waals surface area contributed by atoms with E-state index >= 15 is 0 Å². The Morgan fingerprint density at radius 2 is 2.14 bits per heavy atom. The molecule has 7 heteroatoms. The van der Waals surface area contributed by atoms with E-state index in [1.54, 1.807) is 29.4 Å². The molecule has 0 bridgehead atoms. The van der Waals surface area contributed by atoms with Crippen LogP contribution >= 0.6 is 0 Å². The second kappa shape index (κ2) is 8.91. The van der Waals surface area contributed by atoms with Crippen LogP contribution in [-0.4, -0.2) is 44.0 Å². The van der Waals surface area contributed by atoms with Crippen LogP contribution in [-0.2, 0) is 17.8 Å². The molecule has 2 aliphatic rings. The van der Waals surface area contributed by atoms with E-state index in [1.807, 2.05) is 12.4 Å². The van der Waals surface area contributed by atoms with Crippen LogP contribution in [0, 0.1) is 6.92 Å². The van der Waals surface area contributed by atoms with Gasteiger partial charge in [-0.05, 0) is 78.7 Å². The Bertz CT molecular complexity index is 1390. The summed E-state index contributed by atoms with van der Waals surface area (Å²) in [4.78, 5) is 26.9. The summed E-state index contributed by atoms with van der Waals surface area (Å²) in [5.74, 6) is -0.268. The molecule has 1 fully saturated rings. The van der Waals surface area contributed by atoms with Crippen molar-refractivity contribution in [1.29, 1.82) is 0 Å². The minimum absolute atomic E-state index is 0.268. The number of amides is 1. The standard InChI is InChI=1S/C28H29N5O2/c1-17-13-31-27-22(17)12-21(15-32-27)20-10-18-6-9-33(28(35)26(34)19-4-2-7-29-14-19)16-24(18)23(11-20)25-5-3-8-30-25/h2,4,7,10-15,25-26,30,34H,3,5-6,8-9,16H2,1H3,(H,31,32)/t25-,26?/m0/s1. The number of aromatic nitrogens is 3. The molecular formula is C28H29N5O2. The van der Waals surface area contributed by atoms with Crippen LogP contribution in [0.2, 0.25) is 0 Å². The van der Waals surface area contributed by atoms with Gasteiger partial charge in [0.2, 0.25) is 0 Å². The third-order valence-electron chi connectivity index (χ3n) is 7.43. The predicted octanol–water partition coefficient (Wildman–Crippen LogP) is 3.98. The number of hydrogen-bond donors (Lipinski definition) is 3. The van der Waals surface area contributed by atoms with Gasteiger partial charge in [-0.2, -0.15) is 0 Å². The van der Waals surface area contributed by atoms with Gasteiger partial charge in [0.05, 0.1) is 0 Å². The van der Waals surface area contributed by atoms with Crippen molar-refractivity contribution in [2.45, 2.75) is 44.9 Å². The number of aliphatic hydroxyl groups excluding tert-OH is 1. The minimum atomic E-state index is -1.19. The number of aliphatic hydroxyl groups is 1. The number of carbonyl (C=O) groups excluding carboxylic acids is 1. The first-order valence-corrected chi connectivity index (χ1v) is 12.3. The number of H-pyrrole nitrogens is 1. The number of carbonyl (C=O) groups is 1. The number of hydrogen-bond acceptors (Lipinski definition) is 5. The zero-order valence-corrected chi connectivity index (χ0v) is 19.8. The van der Waals surface area contributed by atoms with Crippen LogP contribution in [0.5, 0.6) is 0 Å². The van der Waals surface area contributed by atoms with Crippen molar-refractivity contribution >= 4 is 16.9 Å². The van der Waals surface area contributed by atoms with Crippen molar-refractivity contribution < 1.29 is 9.90 Å². The zero-order chi connectivity index (χ0) is 23.9. The zero-order valence-electron chi connectivity index (χ0n) is 19.8. The number of rotatable bonds is 4. The Hall–Kier alpha value is -3.55. The highest BCUT2D eigenvalue weighted by atomic mass is 16.3. The largest absolute Gasteiger partial charge is 0.378 e. The summed E-state index contributed by atoms with van der Waals surface area (Å²) >= 11 is 0. The molecule has 1 unspecified atom stereocenters. The predicted molar refractivity (Wildman–Crippen MR) is 135 cm³/mol. The first-order valence-electron chi connectivity index (χ1n) is 12.3. The molecule has 178 valence electrons. The Morgan fingerprint density at radius 3 is 2.94 bits per heavy atom. The van der Waals surface area contributed by atoms with Crippen LogP contribution in [0.4, 0.5) is 0 Å². The molecular weight excluding hydrogens is 438 g/mol. The number of nitrogens with zero attached hydrogens (tertiary/aromatic N) is 3. The number of fused-ring (bicyclic) bond motifs is 2. The van der Waals surface area contributed by atoms with E-state index in [0.29, 0.717) is 18.7 Å². The van der Waals surface area contributed by atoms with Gasteiger partial charge < -0.3 is 20.3 Å². The maximum atomic E-state index is 13.2. The van der Waals surface area contributed by atoms with Crippen LogP contribution in [0.25, 0.3) is 22.2 Å². The van der Waals surface area contributed by atoms with Gasteiger partial charge in [0, 0.05) is 60.4 Å². The fraction of sp³-hybridized carbons (Fsp3) is 0.321. The number of aromatic amines is 1. The van der Waals surface area contributed by atoms with Crippen LogP contribution in [0.15, 0.2) is 55.1 Å². The van der Waals surface area contributed by atoms with Gasteiger partial charge in [0.25, 0.3) is 5.91 Å². The lowest BCUT2D eigenvalue weighted by Gasteiger charge is -2.33. The maximum absolute atomic E-state index is 13.2. The van der Waals surface area contributed by atoms with Gasteiger partial charge in [-0.1, -0.05) is 12.1 Å². The monoisotopic (exact) mass is 467 g/mol. The summed E-state index contributed by atoms with van der Waals surface area (Å²) < 4.78 is 0. The maximum Gasteiger partial charge on any atom is 0.256 e. The van der Waals surface area contributed by atoms with E-state index in [4.69, 9.17) is 0 Å².